The molecule has 1 heterocycles. The minimum Gasteiger partial charge on any atom is -0.452 e. The lowest BCUT2D eigenvalue weighted by Crippen LogP contribution is -2.44. The Hall–Kier alpha value is -1.93. The number of hydrogen-bond acceptors (Lipinski definition) is 5. The average molecular weight is 411 g/mol. The van der Waals surface area contributed by atoms with E-state index in [2.05, 4.69) is 11.6 Å². The number of carbonyl (C=O) groups excluding carboxylic acids is 2. The topological polar surface area (TPSA) is 92.8 Å². The molecule has 0 aromatic heterocycles. The van der Waals surface area contributed by atoms with Gasteiger partial charge in [0.25, 0.3) is 5.91 Å². The van der Waals surface area contributed by atoms with Crippen molar-refractivity contribution in [1.82, 2.24) is 9.62 Å². The number of nitrogens with zero attached hydrogens (tertiary/aromatic N) is 1. The molecular formula is C20H30N2O5S. The van der Waals surface area contributed by atoms with Crippen LogP contribution in [0.3, 0.4) is 0 Å². The van der Waals surface area contributed by atoms with E-state index in [1.165, 1.54) is 6.07 Å². The number of hydrogen-bond donors (Lipinski definition) is 1. The van der Waals surface area contributed by atoms with Crippen molar-refractivity contribution < 1.29 is 22.7 Å². The van der Waals surface area contributed by atoms with Gasteiger partial charge in [0.2, 0.25) is 10.0 Å². The molecule has 1 saturated heterocycles. The fourth-order valence-electron chi connectivity index (χ4n) is 3.04. The lowest BCUT2D eigenvalue weighted by Gasteiger charge is -2.31. The van der Waals surface area contributed by atoms with Crippen molar-refractivity contribution in [3.63, 3.8) is 0 Å². The Morgan fingerprint density at radius 3 is 2.46 bits per heavy atom. The van der Waals surface area contributed by atoms with Gasteiger partial charge in [-0.1, -0.05) is 13.0 Å². The molecule has 1 aliphatic heterocycles. The van der Waals surface area contributed by atoms with E-state index in [-0.39, 0.29) is 23.8 Å². The molecule has 1 atom stereocenters. The Morgan fingerprint density at radius 2 is 1.86 bits per heavy atom. The summed E-state index contributed by atoms with van der Waals surface area (Å²) in [5, 5.41) is 0. The van der Waals surface area contributed by atoms with Crippen LogP contribution in [0.4, 0.5) is 0 Å². The number of aryl methyl sites for hydroxylation is 2. The van der Waals surface area contributed by atoms with Crippen molar-refractivity contribution in [3.8, 4) is 0 Å². The third-order valence-electron chi connectivity index (χ3n) is 5.16. The lowest BCUT2D eigenvalue weighted by atomic mass is 9.99. The summed E-state index contributed by atoms with van der Waals surface area (Å²) in [4.78, 5) is 26.2. The van der Waals surface area contributed by atoms with Gasteiger partial charge in [-0.25, -0.2) is 13.1 Å². The second-order valence-electron chi connectivity index (χ2n) is 7.53. The van der Waals surface area contributed by atoms with Crippen LogP contribution in [-0.2, 0) is 24.3 Å². The number of esters is 1. The van der Waals surface area contributed by atoms with Crippen molar-refractivity contribution in [1.29, 1.82) is 0 Å². The first-order valence-electron chi connectivity index (χ1n) is 9.65. The fourth-order valence-corrected chi connectivity index (χ4v) is 4.16. The molecule has 1 N–H and O–H groups in total. The first-order chi connectivity index (χ1) is 13.1. The quantitative estimate of drug-likeness (QED) is 0.696. The van der Waals surface area contributed by atoms with Gasteiger partial charge in [0.05, 0.1) is 11.3 Å². The molecule has 28 heavy (non-hydrogen) atoms. The maximum absolute atomic E-state index is 12.4. The van der Waals surface area contributed by atoms with Crippen LogP contribution in [0.2, 0.25) is 0 Å². The van der Waals surface area contributed by atoms with Crippen LogP contribution in [0.1, 0.15) is 44.2 Å². The minimum atomic E-state index is -3.70. The largest absolute Gasteiger partial charge is 0.452 e. The third-order valence-corrected chi connectivity index (χ3v) is 6.62. The van der Waals surface area contributed by atoms with Crippen LogP contribution >= 0.6 is 0 Å². The highest BCUT2D eigenvalue weighted by molar-refractivity contribution is 7.89. The first-order valence-corrected chi connectivity index (χ1v) is 11.1. The van der Waals surface area contributed by atoms with Crippen molar-refractivity contribution in [2.75, 3.05) is 19.6 Å². The van der Waals surface area contributed by atoms with E-state index in [1.807, 2.05) is 13.8 Å². The molecule has 1 fully saturated rings. The number of sulfonamides is 1. The second-order valence-corrected chi connectivity index (χ2v) is 9.30. The zero-order chi connectivity index (χ0) is 20.9. The zero-order valence-corrected chi connectivity index (χ0v) is 17.8. The number of nitrogens with one attached hydrogen (secondary N) is 1. The standard InChI is InChI=1S/C20H30N2O5S/c1-14-8-11-22(12-9-14)20(24)17(4)27-19(23)7-10-21-28(25,26)18-6-5-15(2)16(3)13-18/h5-6,13-14,17,21H,7-12H2,1-4H3/t17-/m0/s1. The SMILES string of the molecule is Cc1ccc(S(=O)(=O)NCCC(=O)O[C@@H](C)C(=O)N2CCC(C)CC2)cc1C. The fraction of sp³-hybridized carbons (Fsp3) is 0.600. The number of carbonyl (C=O) groups is 2. The molecule has 0 bridgehead atoms. The molecule has 0 spiro atoms. The van der Waals surface area contributed by atoms with Gasteiger partial charge in [-0.3, -0.25) is 9.59 Å². The van der Waals surface area contributed by atoms with E-state index in [0.717, 1.165) is 24.0 Å². The lowest BCUT2D eigenvalue weighted by molar-refractivity contribution is -0.159. The van der Waals surface area contributed by atoms with E-state index in [4.69, 9.17) is 4.74 Å². The maximum atomic E-state index is 12.4. The van der Waals surface area contributed by atoms with E-state index < -0.39 is 22.1 Å². The number of rotatable bonds is 7. The second kappa shape index (κ2) is 9.52. The molecule has 0 aliphatic carbocycles. The van der Waals surface area contributed by atoms with E-state index in [0.29, 0.717) is 19.0 Å². The molecule has 0 unspecified atom stereocenters. The summed E-state index contributed by atoms with van der Waals surface area (Å²) in [5.41, 5.74) is 1.88. The summed E-state index contributed by atoms with van der Waals surface area (Å²) in [7, 11) is -3.70. The van der Waals surface area contributed by atoms with Crippen LogP contribution in [0.25, 0.3) is 0 Å². The summed E-state index contributed by atoms with van der Waals surface area (Å²) in [6.45, 7) is 8.72. The number of amides is 1. The van der Waals surface area contributed by atoms with Crippen LogP contribution < -0.4 is 4.72 Å². The molecule has 1 amide bonds. The van der Waals surface area contributed by atoms with Crippen molar-refractivity contribution in [3.05, 3.63) is 29.3 Å². The Balaban J connectivity index is 1.80. The number of benzene rings is 1. The molecule has 2 rings (SSSR count). The summed E-state index contributed by atoms with van der Waals surface area (Å²) in [5.74, 6) is -0.197. The molecule has 7 nitrogen and oxygen atoms in total. The molecular weight excluding hydrogens is 380 g/mol. The molecule has 1 aromatic carbocycles. The number of likely N-dealkylation sites (tertiary alicyclic amines) is 1. The van der Waals surface area contributed by atoms with E-state index in [9.17, 15) is 18.0 Å². The van der Waals surface area contributed by atoms with Crippen LogP contribution in [0, 0.1) is 19.8 Å². The molecule has 0 radical (unpaired) electrons. The summed E-state index contributed by atoms with van der Waals surface area (Å²) in [6, 6.07) is 4.87. The zero-order valence-electron chi connectivity index (χ0n) is 17.0. The smallest absolute Gasteiger partial charge is 0.307 e. The normalized spacial score (nSPS) is 16.6. The summed E-state index contributed by atoms with van der Waals surface area (Å²) in [6.07, 6.45) is 0.898. The minimum absolute atomic E-state index is 0.0871. The average Bonchev–Trinajstić information content (AvgIpc) is 2.63. The van der Waals surface area contributed by atoms with Gasteiger partial charge in [-0.05, 0) is 62.8 Å². The number of piperidine rings is 1. The maximum Gasteiger partial charge on any atom is 0.307 e. The Labute approximate surface area is 167 Å². The van der Waals surface area contributed by atoms with Gasteiger partial charge in [0.15, 0.2) is 6.10 Å². The predicted molar refractivity (Wildman–Crippen MR) is 106 cm³/mol. The third kappa shape index (κ3) is 6.04. The first kappa shape index (κ1) is 22.4. The van der Waals surface area contributed by atoms with Gasteiger partial charge >= 0.3 is 5.97 Å². The summed E-state index contributed by atoms with van der Waals surface area (Å²) < 4.78 is 32.2. The molecule has 156 valence electrons. The highest BCUT2D eigenvalue weighted by atomic mass is 32.2. The Bertz CT molecular complexity index is 814. The molecule has 0 saturated carbocycles. The molecule has 1 aromatic rings. The Morgan fingerprint density at radius 1 is 1.21 bits per heavy atom. The van der Waals surface area contributed by atoms with E-state index >= 15 is 0 Å². The van der Waals surface area contributed by atoms with Crippen LogP contribution in [-0.4, -0.2) is 50.9 Å². The number of ether oxygens (including phenoxy) is 1. The van der Waals surface area contributed by atoms with Gasteiger partial charge in [0, 0.05) is 19.6 Å². The highest BCUT2D eigenvalue weighted by Gasteiger charge is 2.26. The predicted octanol–water partition coefficient (Wildman–Crippen LogP) is 2.16. The van der Waals surface area contributed by atoms with Crippen molar-refractivity contribution in [2.45, 2.75) is 58.0 Å². The van der Waals surface area contributed by atoms with Crippen molar-refractivity contribution in [2.24, 2.45) is 5.92 Å². The van der Waals surface area contributed by atoms with Crippen LogP contribution in [0.15, 0.2) is 23.1 Å². The Kier molecular flexibility index (Phi) is 7.60. The summed E-state index contributed by atoms with van der Waals surface area (Å²) >= 11 is 0. The molecule has 1 aliphatic rings. The highest BCUT2D eigenvalue weighted by Crippen LogP contribution is 2.17. The van der Waals surface area contributed by atoms with Crippen LogP contribution in [0.5, 0.6) is 0 Å². The van der Waals surface area contributed by atoms with Gasteiger partial charge in [-0.15, -0.1) is 0 Å². The van der Waals surface area contributed by atoms with Gasteiger partial charge in [0.1, 0.15) is 0 Å². The monoisotopic (exact) mass is 410 g/mol. The molecule has 8 heteroatoms. The van der Waals surface area contributed by atoms with Gasteiger partial charge in [-0.2, -0.15) is 0 Å². The van der Waals surface area contributed by atoms with E-state index in [1.54, 1.807) is 24.0 Å². The van der Waals surface area contributed by atoms with Crippen molar-refractivity contribution >= 4 is 21.9 Å². The van der Waals surface area contributed by atoms with Gasteiger partial charge < -0.3 is 9.64 Å².